The fourth-order valence-electron chi connectivity index (χ4n) is 2.11. The van der Waals surface area contributed by atoms with Crippen LogP contribution in [-0.4, -0.2) is 48.5 Å². The van der Waals surface area contributed by atoms with Gasteiger partial charge in [-0.05, 0) is 18.2 Å². The molecule has 2 heterocycles. The molecule has 1 aromatic heterocycles. The highest BCUT2D eigenvalue weighted by atomic mass is 32.1. The number of hydrogen-bond acceptors (Lipinski definition) is 7. The number of rotatable bonds is 6. The fourth-order valence-corrected chi connectivity index (χ4v) is 2.91. The van der Waals surface area contributed by atoms with Crippen LogP contribution in [0.3, 0.4) is 0 Å². The predicted molar refractivity (Wildman–Crippen MR) is 84.4 cm³/mol. The number of hydrogen-bond donors (Lipinski definition) is 2. The highest BCUT2D eigenvalue weighted by Gasteiger charge is 2.22. The maximum atomic E-state index is 12.1. The summed E-state index contributed by atoms with van der Waals surface area (Å²) in [6, 6.07) is 4.25. The molecule has 1 amide bonds. The summed E-state index contributed by atoms with van der Waals surface area (Å²) < 4.78 is 15.3. The quantitative estimate of drug-likeness (QED) is 0.810. The Hall–Kier alpha value is -2.65. The number of aromatic nitrogens is 1. The molecule has 0 saturated carbocycles. The molecule has 1 aliphatic rings. The Kier molecular flexibility index (Phi) is 4.63. The predicted octanol–water partition coefficient (Wildman–Crippen LogP) is 1.37. The molecule has 24 heavy (non-hydrogen) atoms. The minimum absolute atomic E-state index is 0.125. The van der Waals surface area contributed by atoms with Gasteiger partial charge in [-0.2, -0.15) is 0 Å². The molecule has 9 heteroatoms. The van der Waals surface area contributed by atoms with Gasteiger partial charge in [0.05, 0.1) is 6.61 Å². The fraction of sp³-hybridized carbons (Fsp3) is 0.267. The summed E-state index contributed by atoms with van der Waals surface area (Å²) in [5.74, 6) is -0.448. The van der Waals surface area contributed by atoms with Gasteiger partial charge in [-0.25, -0.2) is 9.78 Å². The lowest BCUT2D eigenvalue weighted by Crippen LogP contribution is -2.43. The lowest BCUT2D eigenvalue weighted by molar-refractivity contribution is -0.140. The van der Waals surface area contributed by atoms with Gasteiger partial charge >= 0.3 is 5.97 Å². The van der Waals surface area contributed by atoms with Crippen molar-refractivity contribution >= 4 is 23.2 Å². The monoisotopic (exact) mass is 350 g/mol. The van der Waals surface area contributed by atoms with Crippen molar-refractivity contribution in [3.05, 3.63) is 29.3 Å². The summed E-state index contributed by atoms with van der Waals surface area (Å²) in [6.07, 6.45) is 0. The van der Waals surface area contributed by atoms with Crippen molar-refractivity contribution in [1.82, 2.24) is 10.3 Å². The Morgan fingerprint density at radius 1 is 1.42 bits per heavy atom. The molecule has 126 valence electrons. The van der Waals surface area contributed by atoms with Crippen molar-refractivity contribution < 1.29 is 28.9 Å². The van der Waals surface area contributed by atoms with Crippen LogP contribution in [0.1, 0.15) is 10.5 Å². The summed E-state index contributed by atoms with van der Waals surface area (Å²) in [5.41, 5.74) is 0.935. The third kappa shape index (κ3) is 3.31. The number of nitrogens with one attached hydrogen (secondary N) is 1. The number of methoxy groups -OCH3 is 1. The number of aliphatic carboxylic acids is 1. The zero-order chi connectivity index (χ0) is 17.1. The first kappa shape index (κ1) is 16.2. The number of amides is 1. The van der Waals surface area contributed by atoms with Gasteiger partial charge in [0, 0.05) is 18.1 Å². The second kappa shape index (κ2) is 6.85. The number of ether oxygens (including phenoxy) is 3. The molecule has 0 saturated heterocycles. The lowest BCUT2D eigenvalue weighted by atomic mass is 10.2. The van der Waals surface area contributed by atoms with Crippen molar-refractivity contribution in [2.45, 2.75) is 6.04 Å². The number of carboxylic acid groups (broad SMARTS) is 1. The number of thiazole rings is 1. The van der Waals surface area contributed by atoms with Crippen molar-refractivity contribution in [3.63, 3.8) is 0 Å². The third-order valence-electron chi connectivity index (χ3n) is 3.29. The summed E-state index contributed by atoms with van der Waals surface area (Å²) in [6.45, 7) is 0.0562. The number of benzene rings is 1. The van der Waals surface area contributed by atoms with E-state index in [1.54, 1.807) is 17.5 Å². The van der Waals surface area contributed by atoms with Crippen LogP contribution in [0.2, 0.25) is 0 Å². The summed E-state index contributed by atoms with van der Waals surface area (Å²) in [7, 11) is 1.36. The van der Waals surface area contributed by atoms with Crippen LogP contribution in [0.15, 0.2) is 23.6 Å². The van der Waals surface area contributed by atoms with Crippen LogP contribution in [0, 0.1) is 0 Å². The Labute approximate surface area is 141 Å². The van der Waals surface area contributed by atoms with E-state index in [4.69, 9.17) is 19.3 Å². The van der Waals surface area contributed by atoms with Gasteiger partial charge < -0.3 is 24.6 Å². The average Bonchev–Trinajstić information content (AvgIpc) is 3.22. The van der Waals surface area contributed by atoms with Crippen LogP contribution < -0.4 is 14.8 Å². The standard InChI is InChI=1S/C15H14N2O6S/c1-21-5-9(15(19)20)16-13(18)10-6-24-14(17-10)8-2-3-11-12(4-8)23-7-22-11/h2-4,6,9H,5,7H2,1H3,(H,16,18)(H,19,20). The van der Waals surface area contributed by atoms with Crippen molar-refractivity contribution in [2.75, 3.05) is 20.5 Å². The topological polar surface area (TPSA) is 107 Å². The van der Waals surface area contributed by atoms with Crippen molar-refractivity contribution in [3.8, 4) is 22.1 Å². The Bertz CT molecular complexity index is 775. The maximum absolute atomic E-state index is 12.1. The van der Waals surface area contributed by atoms with E-state index in [2.05, 4.69) is 10.3 Å². The van der Waals surface area contributed by atoms with E-state index in [9.17, 15) is 9.59 Å². The van der Waals surface area contributed by atoms with Gasteiger partial charge in [-0.15, -0.1) is 11.3 Å². The molecule has 3 rings (SSSR count). The van der Waals surface area contributed by atoms with E-state index < -0.39 is 17.9 Å². The van der Waals surface area contributed by atoms with Gasteiger partial charge in [-0.3, -0.25) is 4.79 Å². The number of fused-ring (bicyclic) bond motifs is 1. The SMILES string of the molecule is COCC(NC(=O)c1csc(-c2ccc3c(c2)OCO3)n1)C(=O)O. The molecule has 8 nitrogen and oxygen atoms in total. The molecule has 2 aromatic rings. The molecule has 0 bridgehead atoms. The first-order chi connectivity index (χ1) is 11.6. The Morgan fingerprint density at radius 3 is 2.96 bits per heavy atom. The summed E-state index contributed by atoms with van der Waals surface area (Å²) in [4.78, 5) is 27.4. The van der Waals surface area contributed by atoms with E-state index in [0.717, 1.165) is 5.56 Å². The van der Waals surface area contributed by atoms with E-state index in [1.807, 2.05) is 6.07 Å². The van der Waals surface area contributed by atoms with E-state index in [-0.39, 0.29) is 19.1 Å². The third-order valence-corrected chi connectivity index (χ3v) is 4.18. The molecule has 0 radical (unpaired) electrons. The molecule has 0 fully saturated rings. The zero-order valence-electron chi connectivity index (χ0n) is 12.6. The number of carboxylic acids is 1. The van der Waals surface area contributed by atoms with Crippen LogP contribution in [0.4, 0.5) is 0 Å². The smallest absolute Gasteiger partial charge is 0.328 e. The van der Waals surface area contributed by atoms with E-state index in [0.29, 0.717) is 16.5 Å². The highest BCUT2D eigenvalue weighted by molar-refractivity contribution is 7.13. The van der Waals surface area contributed by atoms with Gasteiger partial charge in [0.1, 0.15) is 10.7 Å². The summed E-state index contributed by atoms with van der Waals surface area (Å²) in [5, 5.41) is 13.6. The minimum Gasteiger partial charge on any atom is -0.480 e. The highest BCUT2D eigenvalue weighted by Crippen LogP contribution is 2.36. The Balaban J connectivity index is 1.75. The second-order valence-electron chi connectivity index (χ2n) is 4.93. The van der Waals surface area contributed by atoms with Crippen LogP contribution >= 0.6 is 11.3 Å². The largest absolute Gasteiger partial charge is 0.480 e. The van der Waals surface area contributed by atoms with E-state index in [1.165, 1.54) is 18.4 Å². The van der Waals surface area contributed by atoms with Crippen LogP contribution in [-0.2, 0) is 9.53 Å². The van der Waals surface area contributed by atoms with Crippen molar-refractivity contribution in [1.29, 1.82) is 0 Å². The molecule has 1 unspecified atom stereocenters. The number of carbonyl (C=O) groups is 2. The van der Waals surface area contributed by atoms with Crippen LogP contribution in [0.5, 0.6) is 11.5 Å². The normalized spacial score (nSPS) is 13.5. The maximum Gasteiger partial charge on any atom is 0.328 e. The number of nitrogens with zero attached hydrogens (tertiary/aromatic N) is 1. The first-order valence-corrected chi connectivity index (χ1v) is 7.84. The van der Waals surface area contributed by atoms with Gasteiger partial charge in [0.25, 0.3) is 5.91 Å². The van der Waals surface area contributed by atoms with Gasteiger partial charge in [0.15, 0.2) is 17.5 Å². The van der Waals surface area contributed by atoms with Gasteiger partial charge in [0.2, 0.25) is 6.79 Å². The Morgan fingerprint density at radius 2 is 2.21 bits per heavy atom. The molecule has 1 aliphatic heterocycles. The summed E-state index contributed by atoms with van der Waals surface area (Å²) >= 11 is 1.28. The molecule has 0 spiro atoms. The molecule has 1 aromatic carbocycles. The first-order valence-electron chi connectivity index (χ1n) is 6.96. The molecular formula is C15H14N2O6S. The average molecular weight is 350 g/mol. The van der Waals surface area contributed by atoms with Crippen LogP contribution in [0.25, 0.3) is 10.6 Å². The molecule has 0 aliphatic carbocycles. The second-order valence-corrected chi connectivity index (χ2v) is 5.78. The van der Waals surface area contributed by atoms with Gasteiger partial charge in [-0.1, -0.05) is 0 Å². The zero-order valence-corrected chi connectivity index (χ0v) is 13.5. The molecule has 2 N–H and O–H groups in total. The number of carbonyl (C=O) groups excluding carboxylic acids is 1. The lowest BCUT2D eigenvalue weighted by Gasteiger charge is -2.12. The molecule has 1 atom stereocenters. The molecular weight excluding hydrogens is 336 g/mol. The van der Waals surface area contributed by atoms with E-state index >= 15 is 0 Å². The minimum atomic E-state index is -1.17. The van der Waals surface area contributed by atoms with Crippen molar-refractivity contribution in [2.24, 2.45) is 0 Å².